The number of hydrogen-bond donors (Lipinski definition) is 1. The Bertz CT molecular complexity index is 1180. The Labute approximate surface area is 184 Å². The van der Waals surface area contributed by atoms with Crippen LogP contribution >= 0.6 is 0 Å². The summed E-state index contributed by atoms with van der Waals surface area (Å²) in [5.74, 6) is 0.246. The smallest absolute Gasteiger partial charge is 0.251 e. The van der Waals surface area contributed by atoms with Gasteiger partial charge in [0.05, 0.1) is 11.4 Å². The van der Waals surface area contributed by atoms with Crippen LogP contribution in [0.2, 0.25) is 0 Å². The van der Waals surface area contributed by atoms with Crippen LogP contribution < -0.4 is 9.62 Å². The fourth-order valence-electron chi connectivity index (χ4n) is 4.17. The summed E-state index contributed by atoms with van der Waals surface area (Å²) >= 11 is 0. The van der Waals surface area contributed by atoms with E-state index >= 15 is 0 Å². The van der Waals surface area contributed by atoms with Gasteiger partial charge in [-0.05, 0) is 59.7 Å². The topological polar surface area (TPSA) is 66.5 Å². The standard InChI is InChI=1S/C25H28N2O3S/c1-19(16-21-10-6-9-20-8-2-3-13-24(20)21)18-26-25(28)22-11-7-12-23(17-22)27-14-4-5-15-31(27,29)30/h2-3,6-13,17,19H,4-5,14-16,18H2,1H3,(H,26,28)/t19-/m0/s1. The van der Waals surface area contributed by atoms with E-state index in [0.717, 1.165) is 12.8 Å². The first kappa shape index (κ1) is 21.4. The van der Waals surface area contributed by atoms with Gasteiger partial charge in [-0.2, -0.15) is 0 Å². The van der Waals surface area contributed by atoms with Crippen LogP contribution in [0.5, 0.6) is 0 Å². The first-order valence-electron chi connectivity index (χ1n) is 10.8. The zero-order valence-corrected chi connectivity index (χ0v) is 18.6. The third-order valence-electron chi connectivity index (χ3n) is 5.80. The molecule has 1 N–H and O–H groups in total. The van der Waals surface area contributed by atoms with Crippen molar-refractivity contribution in [3.05, 3.63) is 77.9 Å². The maximum Gasteiger partial charge on any atom is 0.251 e. The molecule has 0 saturated carbocycles. The van der Waals surface area contributed by atoms with Crippen molar-refractivity contribution in [1.29, 1.82) is 0 Å². The van der Waals surface area contributed by atoms with E-state index in [1.165, 1.54) is 20.6 Å². The lowest BCUT2D eigenvalue weighted by molar-refractivity contribution is 0.0948. The van der Waals surface area contributed by atoms with Gasteiger partial charge in [0.15, 0.2) is 0 Å². The van der Waals surface area contributed by atoms with Crippen LogP contribution in [0.4, 0.5) is 5.69 Å². The van der Waals surface area contributed by atoms with E-state index in [9.17, 15) is 13.2 Å². The second kappa shape index (κ2) is 9.10. The van der Waals surface area contributed by atoms with E-state index in [1.807, 2.05) is 12.1 Å². The molecule has 0 spiro atoms. The summed E-state index contributed by atoms with van der Waals surface area (Å²) in [6.07, 6.45) is 2.39. The number of anilines is 1. The first-order valence-corrected chi connectivity index (χ1v) is 12.4. The number of amides is 1. The normalized spacial score (nSPS) is 16.7. The fourth-order valence-corrected chi connectivity index (χ4v) is 5.80. The number of benzene rings is 3. The predicted molar refractivity (Wildman–Crippen MR) is 126 cm³/mol. The van der Waals surface area contributed by atoms with Gasteiger partial charge in [-0.1, -0.05) is 55.5 Å². The molecule has 0 aromatic heterocycles. The van der Waals surface area contributed by atoms with Gasteiger partial charge in [-0.15, -0.1) is 0 Å². The fraction of sp³-hybridized carbons (Fsp3) is 0.320. The van der Waals surface area contributed by atoms with Crippen LogP contribution in [0.15, 0.2) is 66.7 Å². The lowest BCUT2D eigenvalue weighted by Crippen LogP contribution is -2.38. The quantitative estimate of drug-likeness (QED) is 0.624. The number of fused-ring (bicyclic) bond motifs is 1. The summed E-state index contributed by atoms with van der Waals surface area (Å²) in [5, 5.41) is 5.48. The van der Waals surface area contributed by atoms with Gasteiger partial charge < -0.3 is 5.32 Å². The van der Waals surface area contributed by atoms with E-state index in [1.54, 1.807) is 24.3 Å². The minimum atomic E-state index is -3.30. The lowest BCUT2D eigenvalue weighted by atomic mass is 9.96. The van der Waals surface area contributed by atoms with Crippen molar-refractivity contribution in [3.8, 4) is 0 Å². The largest absolute Gasteiger partial charge is 0.352 e. The maximum absolute atomic E-state index is 12.7. The summed E-state index contributed by atoms with van der Waals surface area (Å²) in [6.45, 7) is 3.14. The second-order valence-corrected chi connectivity index (χ2v) is 10.3. The van der Waals surface area contributed by atoms with Crippen LogP contribution in [0.25, 0.3) is 10.8 Å². The Morgan fingerprint density at radius 2 is 1.81 bits per heavy atom. The van der Waals surface area contributed by atoms with Gasteiger partial charge in [-0.25, -0.2) is 8.42 Å². The van der Waals surface area contributed by atoms with Crippen molar-refractivity contribution in [2.24, 2.45) is 5.92 Å². The van der Waals surface area contributed by atoms with Crippen molar-refractivity contribution in [1.82, 2.24) is 5.32 Å². The second-order valence-electron chi connectivity index (χ2n) is 8.30. The monoisotopic (exact) mass is 436 g/mol. The van der Waals surface area contributed by atoms with Crippen LogP contribution in [-0.4, -0.2) is 33.2 Å². The molecule has 0 unspecified atom stereocenters. The van der Waals surface area contributed by atoms with Crippen molar-refractivity contribution < 1.29 is 13.2 Å². The van der Waals surface area contributed by atoms with E-state index in [-0.39, 0.29) is 17.6 Å². The molecule has 6 heteroatoms. The molecule has 1 atom stereocenters. The molecule has 1 aliphatic rings. The highest BCUT2D eigenvalue weighted by Crippen LogP contribution is 2.25. The van der Waals surface area contributed by atoms with Crippen LogP contribution in [0.1, 0.15) is 35.7 Å². The molecule has 1 aliphatic heterocycles. The molecule has 162 valence electrons. The summed E-state index contributed by atoms with van der Waals surface area (Å²) < 4.78 is 26.2. The van der Waals surface area contributed by atoms with Gasteiger partial charge in [0.25, 0.3) is 5.91 Å². The van der Waals surface area contributed by atoms with Gasteiger partial charge in [0.2, 0.25) is 10.0 Å². The highest BCUT2D eigenvalue weighted by molar-refractivity contribution is 7.92. The molecule has 0 bridgehead atoms. The molecule has 5 nitrogen and oxygen atoms in total. The molecular weight excluding hydrogens is 408 g/mol. The summed E-state index contributed by atoms with van der Waals surface area (Å²) in [5.41, 5.74) is 2.32. The van der Waals surface area contributed by atoms with Crippen molar-refractivity contribution in [3.63, 3.8) is 0 Å². The van der Waals surface area contributed by atoms with Crippen LogP contribution in [-0.2, 0) is 16.4 Å². The Morgan fingerprint density at radius 1 is 1.03 bits per heavy atom. The van der Waals surface area contributed by atoms with Gasteiger partial charge in [-0.3, -0.25) is 9.10 Å². The summed E-state index contributed by atoms with van der Waals surface area (Å²) in [7, 11) is -3.30. The Morgan fingerprint density at radius 3 is 2.65 bits per heavy atom. The minimum absolute atomic E-state index is 0.162. The zero-order valence-electron chi connectivity index (χ0n) is 17.8. The zero-order chi connectivity index (χ0) is 21.8. The molecular formula is C25H28N2O3S. The number of sulfonamides is 1. The lowest BCUT2D eigenvalue weighted by Gasteiger charge is -2.28. The molecule has 1 fully saturated rings. The SMILES string of the molecule is C[C@H](CNC(=O)c1cccc(N2CCCCS2(=O)=O)c1)Cc1cccc2ccccc12. The minimum Gasteiger partial charge on any atom is -0.352 e. The van der Waals surface area contributed by atoms with Crippen molar-refractivity contribution in [2.45, 2.75) is 26.2 Å². The third-order valence-corrected chi connectivity index (χ3v) is 7.67. The first-order chi connectivity index (χ1) is 14.9. The highest BCUT2D eigenvalue weighted by Gasteiger charge is 2.26. The average Bonchev–Trinajstić information content (AvgIpc) is 2.77. The van der Waals surface area contributed by atoms with Gasteiger partial charge in [0.1, 0.15) is 0 Å². The highest BCUT2D eigenvalue weighted by atomic mass is 32.2. The average molecular weight is 437 g/mol. The summed E-state index contributed by atoms with van der Waals surface area (Å²) in [4.78, 5) is 12.7. The molecule has 4 rings (SSSR count). The molecule has 1 amide bonds. The third kappa shape index (κ3) is 4.90. The van der Waals surface area contributed by atoms with Gasteiger partial charge in [0, 0.05) is 18.7 Å². The van der Waals surface area contributed by atoms with Gasteiger partial charge >= 0.3 is 0 Å². The molecule has 0 radical (unpaired) electrons. The van der Waals surface area contributed by atoms with E-state index in [0.29, 0.717) is 30.8 Å². The molecule has 3 aromatic rings. The number of nitrogens with one attached hydrogen (secondary N) is 1. The van der Waals surface area contributed by atoms with Crippen molar-refractivity contribution >= 4 is 32.4 Å². The molecule has 31 heavy (non-hydrogen) atoms. The molecule has 1 heterocycles. The van der Waals surface area contributed by atoms with E-state index in [2.05, 4.69) is 42.6 Å². The molecule has 0 aliphatic carbocycles. The van der Waals surface area contributed by atoms with Crippen LogP contribution in [0, 0.1) is 5.92 Å². The number of carbonyl (C=O) groups excluding carboxylic acids is 1. The molecule has 3 aromatic carbocycles. The van der Waals surface area contributed by atoms with E-state index < -0.39 is 10.0 Å². The van der Waals surface area contributed by atoms with E-state index in [4.69, 9.17) is 0 Å². The number of rotatable bonds is 6. The number of carbonyl (C=O) groups is 1. The Balaban J connectivity index is 1.41. The Kier molecular flexibility index (Phi) is 6.28. The summed E-state index contributed by atoms with van der Waals surface area (Å²) in [6, 6.07) is 21.6. The van der Waals surface area contributed by atoms with Crippen LogP contribution in [0.3, 0.4) is 0 Å². The Hall–Kier alpha value is -2.86. The number of nitrogens with zero attached hydrogens (tertiary/aromatic N) is 1. The maximum atomic E-state index is 12.7. The number of hydrogen-bond acceptors (Lipinski definition) is 3. The van der Waals surface area contributed by atoms with Crippen molar-refractivity contribution in [2.75, 3.05) is 23.1 Å². The predicted octanol–water partition coefficient (Wildman–Crippen LogP) is 4.38. The molecule has 1 saturated heterocycles.